The molecular formula is C13H19NO3SiTe. The fourth-order valence-electron chi connectivity index (χ4n) is 2.26. The van der Waals surface area contributed by atoms with Gasteiger partial charge in [0, 0.05) is 0 Å². The molecule has 4 rings (SSSR count). The number of rotatable bonds is 3. The summed E-state index contributed by atoms with van der Waals surface area (Å²) in [4.78, 5) is 2.35. The van der Waals surface area contributed by atoms with E-state index in [1.54, 1.807) is 0 Å². The zero-order valence-electron chi connectivity index (χ0n) is 10.9. The summed E-state index contributed by atoms with van der Waals surface area (Å²) in [6.45, 7) is 5.34. The van der Waals surface area contributed by atoms with Gasteiger partial charge in [-0.2, -0.15) is 0 Å². The van der Waals surface area contributed by atoms with E-state index in [2.05, 4.69) is 35.2 Å². The van der Waals surface area contributed by atoms with Crippen molar-refractivity contribution in [1.82, 2.24) is 4.90 Å². The summed E-state index contributed by atoms with van der Waals surface area (Å²) in [6, 6.07) is 10.7. The number of hydrogen-bond acceptors (Lipinski definition) is 4. The normalized spacial score (nSPS) is 31.5. The topological polar surface area (TPSA) is 30.9 Å². The Morgan fingerprint density at radius 2 is 1.53 bits per heavy atom. The van der Waals surface area contributed by atoms with Gasteiger partial charge in [0.25, 0.3) is 0 Å². The molecule has 1 aromatic rings. The van der Waals surface area contributed by atoms with Crippen molar-refractivity contribution in [3.63, 3.8) is 0 Å². The van der Waals surface area contributed by atoms with Gasteiger partial charge in [-0.25, -0.2) is 0 Å². The van der Waals surface area contributed by atoms with E-state index >= 15 is 0 Å². The quantitative estimate of drug-likeness (QED) is 0.692. The SMILES string of the molecule is c1ccc([Te]C[Si]23OCCN(CCO2)CCO3)cc1. The maximum atomic E-state index is 6.05. The van der Waals surface area contributed by atoms with Gasteiger partial charge in [-0.3, -0.25) is 0 Å². The van der Waals surface area contributed by atoms with Crippen molar-refractivity contribution in [2.45, 2.75) is 4.09 Å². The minimum absolute atomic E-state index is 0.284. The first-order chi connectivity index (χ1) is 9.36. The molecule has 2 bridgehead atoms. The molecule has 3 fully saturated rings. The molecule has 0 atom stereocenters. The first-order valence-electron chi connectivity index (χ1n) is 6.68. The monoisotopic (exact) mass is 395 g/mol. The van der Waals surface area contributed by atoms with Crippen LogP contribution in [0.25, 0.3) is 0 Å². The van der Waals surface area contributed by atoms with Gasteiger partial charge in [0.05, 0.1) is 0 Å². The molecule has 0 radical (unpaired) electrons. The summed E-state index contributed by atoms with van der Waals surface area (Å²) in [5.74, 6) is 0. The van der Waals surface area contributed by atoms with Gasteiger partial charge in [0.2, 0.25) is 0 Å². The second-order valence-electron chi connectivity index (χ2n) is 4.67. The van der Waals surface area contributed by atoms with E-state index in [9.17, 15) is 0 Å². The Morgan fingerprint density at radius 3 is 2.11 bits per heavy atom. The average Bonchev–Trinajstić information content (AvgIpc) is 2.37. The van der Waals surface area contributed by atoms with E-state index in [0.29, 0.717) is 0 Å². The van der Waals surface area contributed by atoms with Crippen LogP contribution in [0.3, 0.4) is 0 Å². The molecule has 0 aromatic heterocycles. The van der Waals surface area contributed by atoms with Gasteiger partial charge in [-0.1, -0.05) is 0 Å². The molecule has 3 aliphatic rings. The summed E-state index contributed by atoms with van der Waals surface area (Å²) in [5.41, 5.74) is 0. The molecule has 3 heterocycles. The standard InChI is InChI=1S/C13H19NO3SiTe/c1-2-4-13(5-3-1)19-12-18-15-9-6-14(7-10-16-18)8-11-17-18/h1-5H,6-12H2. The summed E-state index contributed by atoms with van der Waals surface area (Å²) >= 11 is -0.284. The summed E-state index contributed by atoms with van der Waals surface area (Å²) in [5, 5.41) is 0. The van der Waals surface area contributed by atoms with Crippen molar-refractivity contribution in [2.24, 2.45) is 0 Å². The van der Waals surface area contributed by atoms with Crippen LogP contribution in [0.2, 0.25) is 4.09 Å². The van der Waals surface area contributed by atoms with Crippen LogP contribution in [0.15, 0.2) is 30.3 Å². The van der Waals surface area contributed by atoms with Gasteiger partial charge >= 0.3 is 125 Å². The number of hydrogen-bond donors (Lipinski definition) is 0. The molecule has 0 amide bonds. The summed E-state index contributed by atoms with van der Waals surface area (Å²) in [6.07, 6.45) is 0. The van der Waals surface area contributed by atoms with Crippen LogP contribution in [-0.2, 0) is 13.3 Å². The Balaban J connectivity index is 1.65. The van der Waals surface area contributed by atoms with Crippen LogP contribution in [0.4, 0.5) is 0 Å². The van der Waals surface area contributed by atoms with Gasteiger partial charge < -0.3 is 0 Å². The number of nitrogens with zero attached hydrogens (tertiary/aromatic N) is 1. The van der Waals surface area contributed by atoms with Crippen LogP contribution >= 0.6 is 0 Å². The zero-order chi connectivity index (χ0) is 13.0. The first kappa shape index (κ1) is 14.0. The summed E-state index contributed by atoms with van der Waals surface area (Å²) < 4.78 is 20.6. The van der Waals surface area contributed by atoms with Gasteiger partial charge in [-0.15, -0.1) is 0 Å². The Kier molecular flexibility index (Phi) is 4.93. The molecule has 19 heavy (non-hydrogen) atoms. The molecule has 0 unspecified atom stereocenters. The van der Waals surface area contributed by atoms with Crippen molar-refractivity contribution in [1.29, 1.82) is 0 Å². The zero-order valence-corrected chi connectivity index (χ0v) is 14.2. The van der Waals surface area contributed by atoms with Crippen LogP contribution in [-0.4, -0.2) is 74.1 Å². The molecular weight excluding hydrogens is 374 g/mol. The molecule has 104 valence electrons. The van der Waals surface area contributed by atoms with Crippen LogP contribution < -0.4 is 3.61 Å². The number of benzene rings is 1. The van der Waals surface area contributed by atoms with E-state index in [-0.39, 0.29) is 20.9 Å². The van der Waals surface area contributed by atoms with E-state index < -0.39 is 8.80 Å². The Hall–Kier alpha value is 0.0665. The Labute approximate surface area is 125 Å². The second kappa shape index (κ2) is 6.68. The molecule has 4 nitrogen and oxygen atoms in total. The van der Waals surface area contributed by atoms with Crippen LogP contribution in [0.5, 0.6) is 0 Å². The van der Waals surface area contributed by atoms with Gasteiger partial charge in [-0.05, 0) is 0 Å². The third-order valence-electron chi connectivity index (χ3n) is 3.35. The van der Waals surface area contributed by atoms with E-state index in [1.165, 1.54) is 3.61 Å². The van der Waals surface area contributed by atoms with E-state index in [1.807, 2.05) is 0 Å². The predicted octanol–water partition coefficient (Wildman–Crippen LogP) is 0.292. The fraction of sp³-hybridized carbons (Fsp3) is 0.538. The van der Waals surface area contributed by atoms with Crippen LogP contribution in [0.1, 0.15) is 0 Å². The third-order valence-corrected chi connectivity index (χ3v) is 11.8. The van der Waals surface area contributed by atoms with Gasteiger partial charge in [0.15, 0.2) is 0 Å². The fourth-order valence-corrected chi connectivity index (χ4v) is 10.4. The predicted molar refractivity (Wildman–Crippen MR) is 76.7 cm³/mol. The van der Waals surface area contributed by atoms with E-state index in [4.69, 9.17) is 13.3 Å². The Morgan fingerprint density at radius 1 is 0.947 bits per heavy atom. The molecule has 3 aliphatic heterocycles. The van der Waals surface area contributed by atoms with Crippen molar-refractivity contribution in [2.75, 3.05) is 39.5 Å². The van der Waals surface area contributed by atoms with Crippen molar-refractivity contribution in [3.05, 3.63) is 30.3 Å². The van der Waals surface area contributed by atoms with Crippen molar-refractivity contribution < 1.29 is 13.3 Å². The number of fused-ring (bicyclic) bond motifs is 6. The van der Waals surface area contributed by atoms with E-state index in [0.717, 1.165) is 43.5 Å². The molecule has 3 saturated heterocycles. The maximum absolute atomic E-state index is 6.05. The Bertz CT molecular complexity index is 380. The third kappa shape index (κ3) is 3.79. The summed E-state index contributed by atoms with van der Waals surface area (Å²) in [7, 11) is -2.38. The van der Waals surface area contributed by atoms with Crippen molar-refractivity contribution in [3.8, 4) is 0 Å². The van der Waals surface area contributed by atoms with Crippen molar-refractivity contribution >= 4 is 33.3 Å². The van der Waals surface area contributed by atoms with Gasteiger partial charge in [0.1, 0.15) is 0 Å². The van der Waals surface area contributed by atoms with Crippen LogP contribution in [0, 0.1) is 0 Å². The molecule has 0 aliphatic carbocycles. The molecule has 0 spiro atoms. The molecule has 0 saturated carbocycles. The molecule has 6 heteroatoms. The first-order valence-corrected chi connectivity index (χ1v) is 11.4. The molecule has 0 N–H and O–H groups in total. The molecule has 1 aromatic carbocycles. The minimum atomic E-state index is -2.38. The second-order valence-corrected chi connectivity index (χ2v) is 11.8. The average molecular weight is 393 g/mol.